The first-order valence-electron chi connectivity index (χ1n) is 5.38. The van der Waals surface area contributed by atoms with E-state index in [1.807, 2.05) is 0 Å². The zero-order valence-corrected chi connectivity index (χ0v) is 8.65. The molecule has 0 unspecified atom stereocenters. The zero-order valence-electron chi connectivity index (χ0n) is 8.65. The monoisotopic (exact) mass is 198 g/mol. The summed E-state index contributed by atoms with van der Waals surface area (Å²) in [7, 11) is 2.14. The van der Waals surface area contributed by atoms with Crippen LogP contribution in [0.25, 0.3) is 0 Å². The molecule has 1 N–H and O–H groups in total. The Morgan fingerprint density at radius 1 is 1.36 bits per heavy atom. The Morgan fingerprint density at radius 3 is 2.50 bits per heavy atom. The topological polar surface area (TPSA) is 43.8 Å². The summed E-state index contributed by atoms with van der Waals surface area (Å²) in [6.07, 6.45) is 4.15. The summed E-state index contributed by atoms with van der Waals surface area (Å²) in [4.78, 5) is 14.6. The minimum absolute atomic E-state index is 0.455. The normalized spacial score (nSPS) is 28.1. The second-order valence-corrected chi connectivity index (χ2v) is 4.42. The third-order valence-electron chi connectivity index (χ3n) is 3.66. The first-order valence-corrected chi connectivity index (χ1v) is 5.38. The summed E-state index contributed by atoms with van der Waals surface area (Å²) in [6.45, 7) is 1.40. The van der Waals surface area contributed by atoms with Gasteiger partial charge in [-0.2, -0.15) is 0 Å². The van der Waals surface area contributed by atoms with Gasteiger partial charge in [-0.1, -0.05) is 6.42 Å². The standard InChI is InChI=1S/C10H18N2O2/c1-11(8-3-2-4-8)9-5-6-12(7-9)10(13)14/h8-9H,2-7H2,1H3,(H,13,14)/t9-/m0/s1. The van der Waals surface area contributed by atoms with Crippen LogP contribution in [0.4, 0.5) is 4.79 Å². The zero-order chi connectivity index (χ0) is 10.1. The highest BCUT2D eigenvalue weighted by Crippen LogP contribution is 2.27. The molecular formula is C10H18N2O2. The number of nitrogens with zero attached hydrogens (tertiary/aromatic N) is 2. The van der Waals surface area contributed by atoms with Crippen LogP contribution in [0.2, 0.25) is 0 Å². The van der Waals surface area contributed by atoms with Gasteiger partial charge in [-0.05, 0) is 26.3 Å². The lowest BCUT2D eigenvalue weighted by atomic mass is 9.91. The molecule has 2 rings (SSSR count). The third kappa shape index (κ3) is 1.71. The van der Waals surface area contributed by atoms with Crippen LogP contribution in [-0.4, -0.2) is 53.2 Å². The molecule has 1 amide bonds. The maximum Gasteiger partial charge on any atom is 0.407 e. The van der Waals surface area contributed by atoms with Gasteiger partial charge in [0.05, 0.1) is 0 Å². The summed E-state index contributed by atoms with van der Waals surface area (Å²) >= 11 is 0. The van der Waals surface area contributed by atoms with Gasteiger partial charge in [0, 0.05) is 25.2 Å². The van der Waals surface area contributed by atoms with E-state index in [9.17, 15) is 4.79 Å². The van der Waals surface area contributed by atoms with Crippen molar-refractivity contribution >= 4 is 6.09 Å². The fraction of sp³-hybridized carbons (Fsp3) is 0.900. The van der Waals surface area contributed by atoms with Crippen molar-refractivity contribution in [2.75, 3.05) is 20.1 Å². The SMILES string of the molecule is CN(C1CCC1)[C@H]1CCN(C(=O)O)C1. The number of hydrogen-bond donors (Lipinski definition) is 1. The Labute approximate surface area is 84.5 Å². The van der Waals surface area contributed by atoms with E-state index >= 15 is 0 Å². The van der Waals surface area contributed by atoms with Gasteiger partial charge in [0.15, 0.2) is 0 Å². The van der Waals surface area contributed by atoms with Gasteiger partial charge in [-0.15, -0.1) is 0 Å². The summed E-state index contributed by atoms with van der Waals surface area (Å²) in [6, 6.07) is 1.17. The molecule has 2 fully saturated rings. The van der Waals surface area contributed by atoms with Crippen LogP contribution in [0.15, 0.2) is 0 Å². The van der Waals surface area contributed by atoms with Crippen LogP contribution >= 0.6 is 0 Å². The minimum atomic E-state index is -0.769. The minimum Gasteiger partial charge on any atom is -0.465 e. The molecule has 1 atom stereocenters. The van der Waals surface area contributed by atoms with E-state index in [1.54, 1.807) is 0 Å². The number of amides is 1. The van der Waals surface area contributed by atoms with Crippen LogP contribution in [0, 0.1) is 0 Å². The van der Waals surface area contributed by atoms with Crippen LogP contribution in [0.1, 0.15) is 25.7 Å². The van der Waals surface area contributed by atoms with Crippen LogP contribution in [-0.2, 0) is 0 Å². The Balaban J connectivity index is 1.84. The molecule has 1 aliphatic carbocycles. The van der Waals surface area contributed by atoms with E-state index in [2.05, 4.69) is 11.9 Å². The van der Waals surface area contributed by atoms with Gasteiger partial charge >= 0.3 is 6.09 Å². The molecular weight excluding hydrogens is 180 g/mol. The smallest absolute Gasteiger partial charge is 0.407 e. The van der Waals surface area contributed by atoms with E-state index in [0.717, 1.165) is 6.42 Å². The van der Waals surface area contributed by atoms with Gasteiger partial charge in [0.1, 0.15) is 0 Å². The van der Waals surface area contributed by atoms with Crippen molar-refractivity contribution in [3.05, 3.63) is 0 Å². The lowest BCUT2D eigenvalue weighted by molar-refractivity contribution is 0.108. The summed E-state index contributed by atoms with van der Waals surface area (Å²) in [5, 5.41) is 8.83. The second kappa shape index (κ2) is 3.77. The third-order valence-corrected chi connectivity index (χ3v) is 3.66. The van der Waals surface area contributed by atoms with Crippen molar-refractivity contribution in [2.24, 2.45) is 0 Å². The summed E-state index contributed by atoms with van der Waals surface area (Å²) in [5.74, 6) is 0. The van der Waals surface area contributed by atoms with E-state index < -0.39 is 6.09 Å². The molecule has 1 saturated heterocycles. The number of likely N-dealkylation sites (tertiary alicyclic amines) is 1. The molecule has 0 radical (unpaired) electrons. The summed E-state index contributed by atoms with van der Waals surface area (Å²) in [5.41, 5.74) is 0. The number of likely N-dealkylation sites (N-methyl/N-ethyl adjacent to an activating group) is 1. The van der Waals surface area contributed by atoms with Gasteiger partial charge in [-0.25, -0.2) is 4.79 Å². The number of hydrogen-bond acceptors (Lipinski definition) is 2. The summed E-state index contributed by atoms with van der Waals surface area (Å²) < 4.78 is 0. The molecule has 0 aromatic rings. The molecule has 1 aliphatic heterocycles. The van der Waals surface area contributed by atoms with Crippen molar-refractivity contribution in [2.45, 2.75) is 37.8 Å². The molecule has 4 heteroatoms. The van der Waals surface area contributed by atoms with Crippen LogP contribution < -0.4 is 0 Å². The first-order chi connectivity index (χ1) is 6.68. The predicted molar refractivity (Wildman–Crippen MR) is 53.4 cm³/mol. The highest BCUT2D eigenvalue weighted by molar-refractivity contribution is 5.65. The molecule has 14 heavy (non-hydrogen) atoms. The van der Waals surface area contributed by atoms with E-state index in [0.29, 0.717) is 25.2 Å². The molecule has 1 saturated carbocycles. The van der Waals surface area contributed by atoms with Crippen molar-refractivity contribution in [3.63, 3.8) is 0 Å². The number of carboxylic acid groups (broad SMARTS) is 1. The second-order valence-electron chi connectivity index (χ2n) is 4.42. The average Bonchev–Trinajstić information content (AvgIpc) is 2.48. The quantitative estimate of drug-likeness (QED) is 0.725. The van der Waals surface area contributed by atoms with Gasteiger partial charge in [0.2, 0.25) is 0 Å². The van der Waals surface area contributed by atoms with Crippen LogP contribution in [0.3, 0.4) is 0 Å². The fourth-order valence-electron chi connectivity index (χ4n) is 2.34. The molecule has 0 spiro atoms. The lowest BCUT2D eigenvalue weighted by Crippen LogP contribution is -2.45. The molecule has 0 aromatic heterocycles. The highest BCUT2D eigenvalue weighted by Gasteiger charge is 2.33. The first kappa shape index (κ1) is 9.77. The predicted octanol–water partition coefficient (Wildman–Crippen LogP) is 1.22. The van der Waals surface area contributed by atoms with Gasteiger partial charge in [0.25, 0.3) is 0 Å². The highest BCUT2D eigenvalue weighted by atomic mass is 16.4. The van der Waals surface area contributed by atoms with Gasteiger partial charge in [-0.3, -0.25) is 4.90 Å². The largest absolute Gasteiger partial charge is 0.465 e. The number of rotatable bonds is 2. The maximum absolute atomic E-state index is 10.7. The Bertz CT molecular complexity index is 228. The van der Waals surface area contributed by atoms with Crippen molar-refractivity contribution in [3.8, 4) is 0 Å². The maximum atomic E-state index is 10.7. The fourth-order valence-corrected chi connectivity index (χ4v) is 2.34. The molecule has 1 heterocycles. The van der Waals surface area contributed by atoms with Crippen molar-refractivity contribution in [1.82, 2.24) is 9.80 Å². The number of carbonyl (C=O) groups is 1. The van der Waals surface area contributed by atoms with E-state index in [1.165, 1.54) is 24.2 Å². The van der Waals surface area contributed by atoms with Crippen LogP contribution in [0.5, 0.6) is 0 Å². The van der Waals surface area contributed by atoms with E-state index in [-0.39, 0.29) is 0 Å². The van der Waals surface area contributed by atoms with E-state index in [4.69, 9.17) is 5.11 Å². The van der Waals surface area contributed by atoms with Crippen molar-refractivity contribution in [1.29, 1.82) is 0 Å². The lowest BCUT2D eigenvalue weighted by Gasteiger charge is -2.38. The Hall–Kier alpha value is -0.770. The molecule has 4 nitrogen and oxygen atoms in total. The Kier molecular flexibility index (Phi) is 2.63. The molecule has 0 aromatic carbocycles. The van der Waals surface area contributed by atoms with Crippen molar-refractivity contribution < 1.29 is 9.90 Å². The Morgan fingerprint density at radius 2 is 2.07 bits per heavy atom. The van der Waals surface area contributed by atoms with Gasteiger partial charge < -0.3 is 10.0 Å². The molecule has 80 valence electrons. The molecule has 0 bridgehead atoms. The molecule has 2 aliphatic rings. The average molecular weight is 198 g/mol.